The van der Waals surface area contributed by atoms with Gasteiger partial charge in [-0.15, -0.1) is 0 Å². The zero-order chi connectivity index (χ0) is 9.28. The van der Waals surface area contributed by atoms with Gasteiger partial charge in [-0.2, -0.15) is 0 Å². The lowest BCUT2D eigenvalue weighted by atomic mass is 10.7. The van der Waals surface area contributed by atoms with Crippen LogP contribution in [-0.4, -0.2) is 29.4 Å². The molecule has 0 spiro atoms. The zero-order valence-electron chi connectivity index (χ0n) is 8.99. The Balaban J connectivity index is 3.99. The zero-order valence-corrected chi connectivity index (χ0v) is 11.0. The Morgan fingerprint density at radius 3 is 1.55 bits per heavy atom. The van der Waals surface area contributed by atoms with Crippen molar-refractivity contribution in [3.8, 4) is 0 Å². The number of hydrogen-bond acceptors (Lipinski definition) is 1. The summed E-state index contributed by atoms with van der Waals surface area (Å²) in [5, 5.41) is 0. The summed E-state index contributed by atoms with van der Waals surface area (Å²) >= 11 is 0. The van der Waals surface area contributed by atoms with Crippen molar-refractivity contribution in [3.63, 3.8) is 0 Å². The molecule has 0 radical (unpaired) electrons. The monoisotopic (exact) mass is 188 g/mol. The molecular formula is C7H21BOSi2. The van der Waals surface area contributed by atoms with Gasteiger partial charge in [0, 0.05) is 5.73 Å². The Labute approximate surface area is 74.0 Å². The van der Waals surface area contributed by atoms with E-state index >= 15 is 0 Å². The third kappa shape index (κ3) is 5.70. The summed E-state index contributed by atoms with van der Waals surface area (Å²) in [7, 11) is -0.0997. The Hall–Kier alpha value is 0.459. The van der Waals surface area contributed by atoms with Crippen LogP contribution in [0.25, 0.3) is 0 Å². The lowest BCUT2D eigenvalue weighted by Gasteiger charge is -2.32. The second-order valence-corrected chi connectivity index (χ2v) is 15.2. The van der Waals surface area contributed by atoms with Crippen LogP contribution in [0.3, 0.4) is 0 Å². The van der Waals surface area contributed by atoms with Crippen LogP contribution in [0.15, 0.2) is 0 Å². The first kappa shape index (κ1) is 11.5. The fourth-order valence-corrected chi connectivity index (χ4v) is 4.24. The van der Waals surface area contributed by atoms with Crippen LogP contribution in [0.1, 0.15) is 6.92 Å². The van der Waals surface area contributed by atoms with Crippen molar-refractivity contribution in [2.24, 2.45) is 0 Å². The maximum absolute atomic E-state index is 6.00. The first-order valence-corrected chi connectivity index (χ1v) is 11.3. The third-order valence-corrected chi connectivity index (χ3v) is 5.60. The Kier molecular flexibility index (Phi) is 3.60. The van der Waals surface area contributed by atoms with Gasteiger partial charge in [0.25, 0.3) is 0 Å². The minimum Gasteiger partial charge on any atom is -0.426 e. The van der Waals surface area contributed by atoms with Gasteiger partial charge in [-0.25, -0.2) is 0 Å². The van der Waals surface area contributed by atoms with Crippen LogP contribution in [0.5, 0.6) is 0 Å². The molecule has 0 N–H and O–H groups in total. The molecule has 1 unspecified atom stereocenters. The molecular weight excluding hydrogens is 167 g/mol. The molecule has 0 aliphatic rings. The molecule has 1 nitrogen and oxygen atoms in total. The summed E-state index contributed by atoms with van der Waals surface area (Å²) in [6.07, 6.45) is 0. The van der Waals surface area contributed by atoms with Gasteiger partial charge in [-0.05, 0) is 6.92 Å². The van der Waals surface area contributed by atoms with E-state index in [1.807, 2.05) is 0 Å². The van der Waals surface area contributed by atoms with E-state index in [0.717, 1.165) is 0 Å². The first-order chi connectivity index (χ1) is 4.63. The van der Waals surface area contributed by atoms with Crippen LogP contribution < -0.4 is 0 Å². The summed E-state index contributed by atoms with van der Waals surface area (Å²) in [5.74, 6) is 0. The van der Waals surface area contributed by atoms with E-state index in [2.05, 4.69) is 47.1 Å². The highest BCUT2D eigenvalue weighted by Gasteiger charge is 2.27. The minimum absolute atomic E-state index is 0.508. The van der Waals surface area contributed by atoms with Gasteiger partial charge in [0.15, 0.2) is 0 Å². The van der Waals surface area contributed by atoms with Crippen LogP contribution in [-0.2, 0) is 4.43 Å². The second kappa shape index (κ2) is 3.45. The average Bonchev–Trinajstić information content (AvgIpc) is 1.56. The van der Waals surface area contributed by atoms with E-state index < -0.39 is 16.3 Å². The predicted octanol–water partition coefficient (Wildman–Crippen LogP) is 1.60. The van der Waals surface area contributed by atoms with E-state index in [1.165, 1.54) is 0 Å². The Bertz CT molecular complexity index is 125. The van der Waals surface area contributed by atoms with Gasteiger partial charge >= 0.3 is 0 Å². The maximum atomic E-state index is 6.00. The van der Waals surface area contributed by atoms with Crippen molar-refractivity contribution in [2.75, 3.05) is 0 Å². The van der Waals surface area contributed by atoms with E-state index in [9.17, 15) is 0 Å². The summed E-state index contributed by atoms with van der Waals surface area (Å²) in [5.41, 5.74) is 0.508. The number of hydrogen-bond donors (Lipinski definition) is 0. The lowest BCUT2D eigenvalue weighted by molar-refractivity contribution is 0.290. The van der Waals surface area contributed by atoms with Crippen LogP contribution in [0.2, 0.25) is 32.7 Å². The van der Waals surface area contributed by atoms with Crippen molar-refractivity contribution in [3.05, 3.63) is 0 Å². The quantitative estimate of drug-likeness (QED) is 0.611. The Morgan fingerprint density at radius 2 is 1.45 bits per heavy atom. The molecule has 0 heterocycles. The van der Waals surface area contributed by atoms with Crippen LogP contribution in [0.4, 0.5) is 0 Å². The molecule has 0 aromatic rings. The smallest absolute Gasteiger partial charge is 0.144 e. The van der Waals surface area contributed by atoms with Gasteiger partial charge in [-0.1, -0.05) is 32.7 Å². The van der Waals surface area contributed by atoms with Crippen LogP contribution >= 0.6 is 0 Å². The number of rotatable bonds is 3. The summed E-state index contributed by atoms with van der Waals surface area (Å²) < 4.78 is 6.00. The summed E-state index contributed by atoms with van der Waals surface area (Å²) in [4.78, 5) is 0. The molecule has 0 saturated carbocycles. The van der Waals surface area contributed by atoms with Gasteiger partial charge in [-0.3, -0.25) is 0 Å². The fourth-order valence-electron chi connectivity index (χ4n) is 0.707. The van der Waals surface area contributed by atoms with Gasteiger partial charge < -0.3 is 4.43 Å². The van der Waals surface area contributed by atoms with Crippen LogP contribution in [0, 0.1) is 0 Å². The fraction of sp³-hybridized carbons (Fsp3) is 1.00. The molecule has 1 atom stereocenters. The molecule has 0 aliphatic carbocycles. The topological polar surface area (TPSA) is 9.23 Å². The molecule has 0 amide bonds. The van der Waals surface area contributed by atoms with Crippen molar-refractivity contribution < 1.29 is 4.43 Å². The average molecular weight is 188 g/mol. The van der Waals surface area contributed by atoms with Gasteiger partial charge in [0.2, 0.25) is 0 Å². The van der Waals surface area contributed by atoms with Gasteiger partial charge in [0.05, 0.1) is 8.07 Å². The lowest BCUT2D eigenvalue weighted by Crippen LogP contribution is -2.46. The molecule has 0 saturated heterocycles. The van der Waals surface area contributed by atoms with E-state index in [-0.39, 0.29) is 0 Å². The van der Waals surface area contributed by atoms with Crippen molar-refractivity contribution in [2.45, 2.75) is 45.4 Å². The highest BCUT2D eigenvalue weighted by atomic mass is 28.3. The summed E-state index contributed by atoms with van der Waals surface area (Å²) in [6.45, 7) is 13.8. The first-order valence-electron chi connectivity index (χ1n) is 4.31. The van der Waals surface area contributed by atoms with Crippen molar-refractivity contribution >= 4 is 23.7 Å². The normalized spacial score (nSPS) is 16.5. The molecule has 0 bridgehead atoms. The standard InChI is InChI=1S/C7H21BOSi2/c1-7(10(2,3)4)9-11(5,6)8/h7H,8H2,1-6H3. The molecule has 0 fully saturated rings. The van der Waals surface area contributed by atoms with E-state index in [1.54, 1.807) is 0 Å². The molecule has 0 aromatic heterocycles. The molecule has 0 aromatic carbocycles. The second-order valence-electron chi connectivity index (χ2n) is 5.24. The molecule has 0 rings (SSSR count). The molecule has 0 aliphatic heterocycles. The Morgan fingerprint density at radius 1 is 1.09 bits per heavy atom. The minimum atomic E-state index is -1.30. The molecule has 11 heavy (non-hydrogen) atoms. The van der Waals surface area contributed by atoms with Crippen molar-refractivity contribution in [1.82, 2.24) is 0 Å². The largest absolute Gasteiger partial charge is 0.426 e. The maximum Gasteiger partial charge on any atom is 0.144 e. The van der Waals surface area contributed by atoms with Crippen molar-refractivity contribution in [1.29, 1.82) is 0 Å². The van der Waals surface area contributed by atoms with Gasteiger partial charge in [0.1, 0.15) is 15.6 Å². The summed E-state index contributed by atoms with van der Waals surface area (Å²) in [6, 6.07) is 0. The van der Waals surface area contributed by atoms with E-state index in [0.29, 0.717) is 5.73 Å². The highest BCUT2D eigenvalue weighted by Crippen LogP contribution is 2.14. The van der Waals surface area contributed by atoms with E-state index in [4.69, 9.17) is 4.43 Å². The predicted molar refractivity (Wildman–Crippen MR) is 59.9 cm³/mol. The third-order valence-electron chi connectivity index (χ3n) is 1.75. The SMILES string of the molecule is B[Si](C)(C)OC(C)[Si](C)(C)C. The molecule has 4 heteroatoms. The highest BCUT2D eigenvalue weighted by molar-refractivity contribution is 7.12. The molecule has 66 valence electrons.